The SMILES string of the molecule is CC(Nc1nc[nH]c(=O)c1N)c1cccnc1. The van der Waals surface area contributed by atoms with Crippen molar-refractivity contribution < 1.29 is 0 Å². The van der Waals surface area contributed by atoms with E-state index in [1.165, 1.54) is 6.33 Å². The van der Waals surface area contributed by atoms with E-state index in [1.807, 2.05) is 19.1 Å². The molecule has 6 heteroatoms. The third-order valence-electron chi connectivity index (χ3n) is 2.43. The van der Waals surface area contributed by atoms with Crippen LogP contribution in [-0.2, 0) is 0 Å². The molecule has 0 saturated heterocycles. The molecule has 4 N–H and O–H groups in total. The molecular weight excluding hydrogens is 218 g/mol. The lowest BCUT2D eigenvalue weighted by Gasteiger charge is -2.15. The summed E-state index contributed by atoms with van der Waals surface area (Å²) in [4.78, 5) is 21.7. The van der Waals surface area contributed by atoms with Gasteiger partial charge >= 0.3 is 0 Å². The number of aromatic amines is 1. The second kappa shape index (κ2) is 4.65. The van der Waals surface area contributed by atoms with Crippen molar-refractivity contribution in [1.29, 1.82) is 0 Å². The van der Waals surface area contributed by atoms with Crippen LogP contribution in [0.15, 0.2) is 35.6 Å². The molecule has 2 heterocycles. The van der Waals surface area contributed by atoms with E-state index >= 15 is 0 Å². The zero-order valence-corrected chi connectivity index (χ0v) is 9.34. The summed E-state index contributed by atoms with van der Waals surface area (Å²) in [6.07, 6.45) is 4.77. The fourth-order valence-electron chi connectivity index (χ4n) is 1.45. The van der Waals surface area contributed by atoms with Crippen molar-refractivity contribution in [2.45, 2.75) is 13.0 Å². The third-order valence-corrected chi connectivity index (χ3v) is 2.43. The first-order chi connectivity index (χ1) is 8.18. The van der Waals surface area contributed by atoms with Gasteiger partial charge < -0.3 is 16.0 Å². The van der Waals surface area contributed by atoms with Crippen molar-refractivity contribution in [3.8, 4) is 0 Å². The highest BCUT2D eigenvalue weighted by molar-refractivity contribution is 5.59. The van der Waals surface area contributed by atoms with Crippen LogP contribution >= 0.6 is 0 Å². The smallest absolute Gasteiger partial charge is 0.276 e. The highest BCUT2D eigenvalue weighted by Gasteiger charge is 2.09. The lowest BCUT2D eigenvalue weighted by Crippen LogP contribution is -2.17. The Morgan fingerprint density at radius 2 is 2.35 bits per heavy atom. The van der Waals surface area contributed by atoms with Crippen LogP contribution in [0.4, 0.5) is 11.5 Å². The monoisotopic (exact) mass is 231 g/mol. The Bertz CT molecular complexity index is 551. The van der Waals surface area contributed by atoms with Crippen LogP contribution in [0.5, 0.6) is 0 Å². The van der Waals surface area contributed by atoms with Crippen molar-refractivity contribution in [1.82, 2.24) is 15.0 Å². The van der Waals surface area contributed by atoms with Crippen LogP contribution in [0.2, 0.25) is 0 Å². The number of nitrogens with zero attached hydrogens (tertiary/aromatic N) is 2. The molecule has 0 saturated carbocycles. The van der Waals surface area contributed by atoms with Crippen LogP contribution in [-0.4, -0.2) is 15.0 Å². The fourth-order valence-corrected chi connectivity index (χ4v) is 1.45. The first-order valence-corrected chi connectivity index (χ1v) is 5.18. The molecule has 0 amide bonds. The van der Waals surface area contributed by atoms with E-state index in [-0.39, 0.29) is 17.3 Å². The Morgan fingerprint density at radius 1 is 1.53 bits per heavy atom. The molecule has 0 aliphatic rings. The van der Waals surface area contributed by atoms with Crippen LogP contribution in [0.25, 0.3) is 0 Å². The van der Waals surface area contributed by atoms with Crippen LogP contribution in [0.1, 0.15) is 18.5 Å². The van der Waals surface area contributed by atoms with Gasteiger partial charge in [-0.3, -0.25) is 9.78 Å². The summed E-state index contributed by atoms with van der Waals surface area (Å²) in [5.41, 5.74) is 6.36. The van der Waals surface area contributed by atoms with E-state index in [4.69, 9.17) is 5.73 Å². The minimum atomic E-state index is -0.346. The number of aromatic nitrogens is 3. The molecule has 88 valence electrons. The lowest BCUT2D eigenvalue weighted by molar-refractivity contribution is 0.863. The minimum absolute atomic E-state index is 0.0275. The molecule has 0 fully saturated rings. The molecule has 6 nitrogen and oxygen atoms in total. The second-order valence-electron chi connectivity index (χ2n) is 3.65. The Labute approximate surface area is 97.9 Å². The summed E-state index contributed by atoms with van der Waals surface area (Å²) in [5.74, 6) is 0.380. The van der Waals surface area contributed by atoms with E-state index in [1.54, 1.807) is 12.4 Å². The number of H-pyrrole nitrogens is 1. The molecule has 1 unspecified atom stereocenters. The molecule has 17 heavy (non-hydrogen) atoms. The van der Waals surface area contributed by atoms with Gasteiger partial charge in [-0.2, -0.15) is 0 Å². The van der Waals surface area contributed by atoms with Crippen LogP contribution in [0, 0.1) is 0 Å². The maximum atomic E-state index is 11.3. The van der Waals surface area contributed by atoms with Crippen molar-refractivity contribution in [2.75, 3.05) is 11.1 Å². The summed E-state index contributed by atoms with van der Waals surface area (Å²) in [7, 11) is 0. The van der Waals surface area contributed by atoms with Crippen molar-refractivity contribution >= 4 is 11.5 Å². The topological polar surface area (TPSA) is 96.7 Å². The molecular formula is C11H13N5O. The van der Waals surface area contributed by atoms with Gasteiger partial charge in [-0.25, -0.2) is 4.98 Å². The zero-order valence-electron chi connectivity index (χ0n) is 9.34. The fraction of sp³-hybridized carbons (Fsp3) is 0.182. The first-order valence-electron chi connectivity index (χ1n) is 5.18. The van der Waals surface area contributed by atoms with Gasteiger partial charge in [0.15, 0.2) is 5.82 Å². The van der Waals surface area contributed by atoms with Gasteiger partial charge in [-0.1, -0.05) is 6.07 Å². The zero-order chi connectivity index (χ0) is 12.3. The molecule has 0 aromatic carbocycles. The Balaban J connectivity index is 2.22. The van der Waals surface area contributed by atoms with Gasteiger partial charge in [0, 0.05) is 12.4 Å². The quantitative estimate of drug-likeness (QED) is 0.729. The molecule has 0 spiro atoms. The number of hydrogen-bond acceptors (Lipinski definition) is 5. The van der Waals surface area contributed by atoms with Gasteiger partial charge in [0.2, 0.25) is 0 Å². The maximum absolute atomic E-state index is 11.3. The van der Waals surface area contributed by atoms with Crippen molar-refractivity contribution in [3.05, 3.63) is 46.8 Å². The summed E-state index contributed by atoms with van der Waals surface area (Å²) in [6, 6.07) is 3.76. The van der Waals surface area contributed by atoms with Gasteiger partial charge in [0.05, 0.1) is 12.4 Å². The predicted octanol–water partition coefficient (Wildman–Crippen LogP) is 0.920. The normalized spacial score (nSPS) is 12.1. The van der Waals surface area contributed by atoms with E-state index < -0.39 is 0 Å². The van der Waals surface area contributed by atoms with Gasteiger partial charge in [-0.15, -0.1) is 0 Å². The van der Waals surface area contributed by atoms with E-state index in [0.717, 1.165) is 5.56 Å². The number of pyridine rings is 1. The lowest BCUT2D eigenvalue weighted by atomic mass is 10.1. The summed E-state index contributed by atoms with van der Waals surface area (Å²) >= 11 is 0. The molecule has 0 aliphatic heterocycles. The van der Waals surface area contributed by atoms with Crippen molar-refractivity contribution in [2.24, 2.45) is 0 Å². The van der Waals surface area contributed by atoms with Crippen LogP contribution < -0.4 is 16.6 Å². The number of nitrogens with two attached hydrogens (primary N) is 1. The Morgan fingerprint density at radius 3 is 3.06 bits per heavy atom. The number of nitrogen functional groups attached to an aromatic ring is 1. The largest absolute Gasteiger partial charge is 0.391 e. The molecule has 0 radical (unpaired) electrons. The van der Waals surface area contributed by atoms with Crippen molar-refractivity contribution in [3.63, 3.8) is 0 Å². The number of rotatable bonds is 3. The highest BCUT2D eigenvalue weighted by atomic mass is 16.1. The third kappa shape index (κ3) is 2.41. The van der Waals surface area contributed by atoms with E-state index in [2.05, 4.69) is 20.3 Å². The number of nitrogens with one attached hydrogen (secondary N) is 2. The average Bonchev–Trinajstić information content (AvgIpc) is 2.36. The minimum Gasteiger partial charge on any atom is -0.391 e. The number of anilines is 2. The van der Waals surface area contributed by atoms with Crippen LogP contribution in [0.3, 0.4) is 0 Å². The Kier molecular flexibility index (Phi) is 3.04. The molecule has 0 bridgehead atoms. The Hall–Kier alpha value is -2.37. The summed E-state index contributed by atoms with van der Waals surface area (Å²) < 4.78 is 0. The highest BCUT2D eigenvalue weighted by Crippen LogP contribution is 2.18. The molecule has 2 rings (SSSR count). The average molecular weight is 231 g/mol. The molecule has 0 aliphatic carbocycles. The van der Waals surface area contributed by atoms with Gasteiger partial charge in [0.1, 0.15) is 5.69 Å². The van der Waals surface area contributed by atoms with Gasteiger partial charge in [-0.05, 0) is 18.6 Å². The first kappa shape index (κ1) is 11.1. The van der Waals surface area contributed by atoms with Gasteiger partial charge in [0.25, 0.3) is 5.56 Å². The maximum Gasteiger partial charge on any atom is 0.276 e. The predicted molar refractivity (Wildman–Crippen MR) is 65.5 cm³/mol. The van der Waals surface area contributed by atoms with E-state index in [9.17, 15) is 4.79 Å². The molecule has 2 aromatic heterocycles. The van der Waals surface area contributed by atoms with E-state index in [0.29, 0.717) is 5.82 Å². The molecule has 2 aromatic rings. The molecule has 1 atom stereocenters. The standard InChI is InChI=1S/C11H13N5O/c1-7(8-3-2-4-13-5-8)16-10-9(12)11(17)15-6-14-10/h2-7H,12H2,1H3,(H2,14,15,16,17). The second-order valence-corrected chi connectivity index (χ2v) is 3.65. The summed E-state index contributed by atoms with van der Waals surface area (Å²) in [6.45, 7) is 1.94. The summed E-state index contributed by atoms with van der Waals surface area (Å²) in [5, 5.41) is 3.07. The number of hydrogen-bond donors (Lipinski definition) is 3.